The van der Waals surface area contributed by atoms with Gasteiger partial charge in [-0.1, -0.05) is 48.0 Å². The average molecular weight is 252 g/mol. The van der Waals surface area contributed by atoms with Crippen LogP contribution in [0.1, 0.15) is 27.0 Å². The molecule has 19 heavy (non-hydrogen) atoms. The standard InChI is InChI=1S/C16H16N2O/c1-12-6-5-8-14(10-12)11-17-18-16(19)15-9-4-3-7-13(15)2/h3-11H,1-2H3,(H,18,19)/b17-11+. The summed E-state index contributed by atoms with van der Waals surface area (Å²) in [6, 6.07) is 15.4. The Bertz CT molecular complexity index is 618. The predicted octanol–water partition coefficient (Wildman–Crippen LogP) is 3.07. The van der Waals surface area contributed by atoms with Gasteiger partial charge < -0.3 is 0 Å². The number of amides is 1. The predicted molar refractivity (Wildman–Crippen MR) is 77.4 cm³/mol. The van der Waals surface area contributed by atoms with Crippen molar-refractivity contribution in [3.63, 3.8) is 0 Å². The molecule has 0 saturated carbocycles. The number of hydrogen-bond acceptors (Lipinski definition) is 2. The Hall–Kier alpha value is -2.42. The lowest BCUT2D eigenvalue weighted by molar-refractivity contribution is 0.0954. The number of hydrazone groups is 1. The monoisotopic (exact) mass is 252 g/mol. The van der Waals surface area contributed by atoms with Gasteiger partial charge in [0.05, 0.1) is 6.21 Å². The van der Waals surface area contributed by atoms with Crippen molar-refractivity contribution in [2.24, 2.45) is 5.10 Å². The largest absolute Gasteiger partial charge is 0.271 e. The highest BCUT2D eigenvalue weighted by Crippen LogP contribution is 2.06. The van der Waals surface area contributed by atoms with Crippen molar-refractivity contribution in [3.05, 3.63) is 70.8 Å². The zero-order valence-electron chi connectivity index (χ0n) is 11.1. The van der Waals surface area contributed by atoms with Gasteiger partial charge in [0.15, 0.2) is 0 Å². The molecule has 0 heterocycles. The van der Waals surface area contributed by atoms with E-state index in [1.807, 2.05) is 56.3 Å². The lowest BCUT2D eigenvalue weighted by Crippen LogP contribution is -2.18. The minimum absolute atomic E-state index is 0.193. The van der Waals surface area contributed by atoms with Gasteiger partial charge in [0.25, 0.3) is 5.91 Å². The van der Waals surface area contributed by atoms with E-state index in [9.17, 15) is 4.79 Å². The maximum Gasteiger partial charge on any atom is 0.271 e. The number of hydrogen-bond donors (Lipinski definition) is 1. The molecule has 2 aromatic carbocycles. The van der Waals surface area contributed by atoms with Gasteiger partial charge in [-0.05, 0) is 31.0 Å². The fourth-order valence-electron chi connectivity index (χ4n) is 1.80. The molecule has 0 bridgehead atoms. The topological polar surface area (TPSA) is 41.5 Å². The van der Waals surface area contributed by atoms with Gasteiger partial charge in [0, 0.05) is 5.56 Å². The number of nitrogens with one attached hydrogen (secondary N) is 1. The molecule has 0 radical (unpaired) electrons. The Morgan fingerprint density at radius 2 is 1.89 bits per heavy atom. The van der Waals surface area contributed by atoms with Crippen LogP contribution in [-0.4, -0.2) is 12.1 Å². The summed E-state index contributed by atoms with van der Waals surface area (Å²) < 4.78 is 0. The molecule has 0 aromatic heterocycles. The van der Waals surface area contributed by atoms with Crippen LogP contribution >= 0.6 is 0 Å². The fraction of sp³-hybridized carbons (Fsp3) is 0.125. The lowest BCUT2D eigenvalue weighted by atomic mass is 10.1. The molecule has 0 aliphatic heterocycles. The molecule has 1 amide bonds. The van der Waals surface area contributed by atoms with E-state index < -0.39 is 0 Å². The molecule has 0 spiro atoms. The van der Waals surface area contributed by atoms with E-state index in [1.165, 1.54) is 0 Å². The van der Waals surface area contributed by atoms with Crippen LogP contribution in [0.4, 0.5) is 0 Å². The highest BCUT2D eigenvalue weighted by molar-refractivity contribution is 5.96. The number of nitrogens with zero attached hydrogens (tertiary/aromatic N) is 1. The van der Waals surface area contributed by atoms with E-state index in [4.69, 9.17) is 0 Å². The maximum absolute atomic E-state index is 11.9. The lowest BCUT2D eigenvalue weighted by Gasteiger charge is -2.03. The Labute approximate surface area is 113 Å². The van der Waals surface area contributed by atoms with Crippen LogP contribution in [0.5, 0.6) is 0 Å². The maximum atomic E-state index is 11.9. The molecule has 0 aliphatic rings. The van der Waals surface area contributed by atoms with Crippen LogP contribution in [0.3, 0.4) is 0 Å². The molecule has 0 saturated heterocycles. The number of carbonyl (C=O) groups excluding carboxylic acids is 1. The van der Waals surface area contributed by atoms with Crippen molar-refractivity contribution in [3.8, 4) is 0 Å². The van der Waals surface area contributed by atoms with E-state index in [0.29, 0.717) is 5.56 Å². The molecule has 0 unspecified atom stereocenters. The minimum Gasteiger partial charge on any atom is -0.267 e. The Kier molecular flexibility index (Phi) is 4.08. The van der Waals surface area contributed by atoms with Crippen LogP contribution in [-0.2, 0) is 0 Å². The first-order valence-corrected chi connectivity index (χ1v) is 6.12. The first-order valence-electron chi connectivity index (χ1n) is 6.12. The smallest absolute Gasteiger partial charge is 0.267 e. The Morgan fingerprint density at radius 1 is 1.11 bits per heavy atom. The SMILES string of the molecule is Cc1cccc(/C=N/NC(=O)c2ccccc2C)c1. The molecular weight excluding hydrogens is 236 g/mol. The van der Waals surface area contributed by atoms with Crippen LogP contribution in [0.25, 0.3) is 0 Å². The van der Waals surface area contributed by atoms with Gasteiger partial charge >= 0.3 is 0 Å². The third kappa shape index (κ3) is 3.52. The summed E-state index contributed by atoms with van der Waals surface area (Å²) >= 11 is 0. The normalized spacial score (nSPS) is 10.6. The summed E-state index contributed by atoms with van der Waals surface area (Å²) in [5.41, 5.74) is 6.24. The first kappa shape index (κ1) is 13.0. The van der Waals surface area contributed by atoms with Crippen molar-refractivity contribution in [1.82, 2.24) is 5.43 Å². The van der Waals surface area contributed by atoms with E-state index >= 15 is 0 Å². The van der Waals surface area contributed by atoms with Crippen LogP contribution in [0.2, 0.25) is 0 Å². The van der Waals surface area contributed by atoms with E-state index in [1.54, 1.807) is 12.3 Å². The van der Waals surface area contributed by atoms with Gasteiger partial charge in [-0.15, -0.1) is 0 Å². The summed E-state index contributed by atoms with van der Waals surface area (Å²) in [5.74, 6) is -0.193. The van der Waals surface area contributed by atoms with Crippen molar-refractivity contribution < 1.29 is 4.79 Å². The zero-order chi connectivity index (χ0) is 13.7. The Morgan fingerprint density at radius 3 is 2.63 bits per heavy atom. The van der Waals surface area contributed by atoms with Gasteiger partial charge in [0.1, 0.15) is 0 Å². The molecular formula is C16H16N2O. The summed E-state index contributed by atoms with van der Waals surface area (Å²) in [6.07, 6.45) is 1.64. The number of carbonyl (C=O) groups is 1. The van der Waals surface area contributed by atoms with E-state index in [-0.39, 0.29) is 5.91 Å². The average Bonchev–Trinajstić information content (AvgIpc) is 2.39. The summed E-state index contributed by atoms with van der Waals surface area (Å²) in [4.78, 5) is 11.9. The number of aryl methyl sites for hydroxylation is 2. The quantitative estimate of drug-likeness (QED) is 0.662. The highest BCUT2D eigenvalue weighted by Gasteiger charge is 2.05. The molecule has 2 aromatic rings. The van der Waals surface area contributed by atoms with Gasteiger partial charge in [-0.3, -0.25) is 4.79 Å². The van der Waals surface area contributed by atoms with Crippen molar-refractivity contribution in [2.75, 3.05) is 0 Å². The molecule has 2 rings (SSSR count). The van der Waals surface area contributed by atoms with Crippen molar-refractivity contribution >= 4 is 12.1 Å². The van der Waals surface area contributed by atoms with E-state index in [2.05, 4.69) is 10.5 Å². The van der Waals surface area contributed by atoms with Crippen LogP contribution in [0, 0.1) is 13.8 Å². The first-order chi connectivity index (χ1) is 9.16. The van der Waals surface area contributed by atoms with Crippen molar-refractivity contribution in [1.29, 1.82) is 0 Å². The third-order valence-corrected chi connectivity index (χ3v) is 2.81. The summed E-state index contributed by atoms with van der Waals surface area (Å²) in [6.45, 7) is 3.92. The van der Waals surface area contributed by atoms with Crippen LogP contribution < -0.4 is 5.43 Å². The van der Waals surface area contributed by atoms with Crippen molar-refractivity contribution in [2.45, 2.75) is 13.8 Å². The number of benzene rings is 2. The summed E-state index contributed by atoms with van der Waals surface area (Å²) in [5, 5.41) is 3.98. The molecule has 0 aliphatic carbocycles. The molecule has 0 atom stereocenters. The van der Waals surface area contributed by atoms with Crippen LogP contribution in [0.15, 0.2) is 53.6 Å². The van der Waals surface area contributed by atoms with E-state index in [0.717, 1.165) is 16.7 Å². The molecule has 1 N–H and O–H groups in total. The zero-order valence-corrected chi connectivity index (χ0v) is 11.1. The molecule has 3 heteroatoms. The second kappa shape index (κ2) is 5.96. The fourth-order valence-corrected chi connectivity index (χ4v) is 1.80. The van der Waals surface area contributed by atoms with Gasteiger partial charge in [0.2, 0.25) is 0 Å². The number of rotatable bonds is 3. The molecule has 3 nitrogen and oxygen atoms in total. The second-order valence-corrected chi connectivity index (χ2v) is 4.43. The second-order valence-electron chi connectivity index (χ2n) is 4.43. The Balaban J connectivity index is 2.03. The van der Waals surface area contributed by atoms with Gasteiger partial charge in [-0.2, -0.15) is 5.10 Å². The molecule has 96 valence electrons. The molecule has 0 fully saturated rings. The highest BCUT2D eigenvalue weighted by atomic mass is 16.2. The van der Waals surface area contributed by atoms with Gasteiger partial charge in [-0.25, -0.2) is 5.43 Å². The third-order valence-electron chi connectivity index (χ3n) is 2.81. The summed E-state index contributed by atoms with van der Waals surface area (Å²) in [7, 11) is 0. The minimum atomic E-state index is -0.193.